The zero-order valence-corrected chi connectivity index (χ0v) is 10.3. The van der Waals surface area contributed by atoms with Gasteiger partial charge in [-0.25, -0.2) is 13.1 Å². The van der Waals surface area contributed by atoms with Crippen molar-refractivity contribution < 1.29 is 12.9 Å². The quantitative estimate of drug-likeness (QED) is 0.785. The van der Waals surface area contributed by atoms with Crippen molar-refractivity contribution in [1.29, 1.82) is 0 Å². The largest absolute Gasteiger partial charge is 0.387 e. The number of anilines is 1. The summed E-state index contributed by atoms with van der Waals surface area (Å²) in [7, 11) is -2.04. The fourth-order valence-electron chi connectivity index (χ4n) is 1.31. The van der Waals surface area contributed by atoms with Gasteiger partial charge in [-0.3, -0.25) is 4.98 Å². The lowest BCUT2D eigenvalue weighted by atomic mass is 10.4. The Morgan fingerprint density at radius 1 is 1.44 bits per heavy atom. The molecule has 2 rings (SSSR count). The van der Waals surface area contributed by atoms with Crippen LogP contribution in [0.15, 0.2) is 34.3 Å². The van der Waals surface area contributed by atoms with E-state index in [9.17, 15) is 8.42 Å². The molecular formula is C9H11N5O3S. The van der Waals surface area contributed by atoms with Crippen LogP contribution < -0.4 is 10.0 Å². The number of pyridine rings is 1. The summed E-state index contributed by atoms with van der Waals surface area (Å²) < 4.78 is 30.9. The number of hydrogen-bond donors (Lipinski definition) is 2. The summed E-state index contributed by atoms with van der Waals surface area (Å²) in [5.41, 5.74) is 0.464. The molecule has 0 saturated carbocycles. The highest BCUT2D eigenvalue weighted by molar-refractivity contribution is 7.89. The van der Waals surface area contributed by atoms with Crippen molar-refractivity contribution in [2.24, 2.45) is 0 Å². The van der Waals surface area contributed by atoms with Crippen LogP contribution in [0.3, 0.4) is 0 Å². The van der Waals surface area contributed by atoms with Crippen molar-refractivity contribution in [3.8, 4) is 0 Å². The fourth-order valence-corrected chi connectivity index (χ4v) is 2.44. The maximum atomic E-state index is 12.0. The first-order chi connectivity index (χ1) is 8.63. The minimum absolute atomic E-state index is 0.0448. The predicted octanol–water partition coefficient (Wildman–Crippen LogP) is -0.0152. The van der Waals surface area contributed by atoms with Crippen molar-refractivity contribution in [2.75, 3.05) is 12.4 Å². The molecule has 0 atom stereocenters. The molecule has 96 valence electrons. The molecule has 18 heavy (non-hydrogen) atoms. The van der Waals surface area contributed by atoms with E-state index in [0.29, 0.717) is 5.69 Å². The zero-order chi connectivity index (χ0) is 13.0. The first-order valence-corrected chi connectivity index (χ1v) is 6.48. The molecule has 2 heterocycles. The maximum Gasteiger partial charge on any atom is 0.244 e. The highest BCUT2D eigenvalue weighted by atomic mass is 32.2. The number of rotatable bonds is 5. The van der Waals surface area contributed by atoms with Crippen molar-refractivity contribution >= 4 is 15.7 Å². The van der Waals surface area contributed by atoms with Gasteiger partial charge in [0.2, 0.25) is 16.4 Å². The second-order valence-electron chi connectivity index (χ2n) is 3.29. The van der Waals surface area contributed by atoms with Gasteiger partial charge in [0, 0.05) is 19.4 Å². The molecule has 0 aliphatic heterocycles. The number of sulfonamides is 1. The van der Waals surface area contributed by atoms with Gasteiger partial charge in [-0.15, -0.1) is 0 Å². The Kier molecular flexibility index (Phi) is 3.53. The Labute approximate surface area is 103 Å². The third-order valence-corrected chi connectivity index (χ3v) is 3.60. The molecule has 0 saturated heterocycles. The maximum absolute atomic E-state index is 12.0. The highest BCUT2D eigenvalue weighted by Crippen LogP contribution is 2.18. The molecule has 9 heteroatoms. The number of aromatic nitrogens is 3. The van der Waals surface area contributed by atoms with Crippen molar-refractivity contribution in [3.05, 3.63) is 30.7 Å². The molecule has 0 bridgehead atoms. The summed E-state index contributed by atoms with van der Waals surface area (Å²) in [6, 6.07) is 1.57. The van der Waals surface area contributed by atoms with E-state index in [2.05, 4.69) is 29.7 Å². The van der Waals surface area contributed by atoms with E-state index in [1.54, 1.807) is 13.1 Å². The third-order valence-electron chi connectivity index (χ3n) is 2.17. The summed E-state index contributed by atoms with van der Waals surface area (Å²) in [6.07, 6.45) is 3.90. The normalized spacial score (nSPS) is 11.4. The lowest BCUT2D eigenvalue weighted by Gasteiger charge is -2.09. The number of hydrogen-bond acceptors (Lipinski definition) is 7. The standard InChI is InChI=1S/C9H11N5O3S/c1-10-7-2-3-11-4-8(7)18(15,16)13-5-9-12-6-17-14-9/h2-4,6,13H,5H2,1H3,(H,10,11). The first kappa shape index (κ1) is 12.5. The van der Waals surface area contributed by atoms with Gasteiger partial charge in [0.1, 0.15) is 4.90 Å². The Hall–Kier alpha value is -2.00. The van der Waals surface area contributed by atoms with Gasteiger partial charge in [-0.1, -0.05) is 5.16 Å². The van der Waals surface area contributed by atoms with Crippen LogP contribution in [0.4, 0.5) is 5.69 Å². The molecule has 0 fully saturated rings. The summed E-state index contributed by atoms with van der Waals surface area (Å²) in [5, 5.41) is 6.30. The topological polar surface area (TPSA) is 110 Å². The van der Waals surface area contributed by atoms with Crippen molar-refractivity contribution in [3.63, 3.8) is 0 Å². The van der Waals surface area contributed by atoms with Crippen molar-refractivity contribution in [1.82, 2.24) is 19.8 Å². The van der Waals surface area contributed by atoms with E-state index in [1.807, 2.05) is 0 Å². The Bertz CT molecular complexity index is 611. The van der Waals surface area contributed by atoms with E-state index in [0.717, 1.165) is 6.39 Å². The lowest BCUT2D eigenvalue weighted by molar-refractivity contribution is 0.409. The van der Waals surface area contributed by atoms with Gasteiger partial charge in [0.05, 0.1) is 12.2 Å². The molecule has 2 aromatic heterocycles. The molecule has 0 amide bonds. The first-order valence-electron chi connectivity index (χ1n) is 5.00. The third kappa shape index (κ3) is 2.63. The number of nitrogens with one attached hydrogen (secondary N) is 2. The van der Waals surface area contributed by atoms with Crippen LogP contribution in [0, 0.1) is 0 Å². The summed E-state index contributed by atoms with van der Waals surface area (Å²) >= 11 is 0. The van der Waals surface area contributed by atoms with E-state index in [1.165, 1.54) is 12.4 Å². The van der Waals surface area contributed by atoms with Gasteiger partial charge in [0.15, 0.2) is 5.82 Å². The van der Waals surface area contributed by atoms with Gasteiger partial charge in [0.25, 0.3) is 0 Å². The minimum atomic E-state index is -3.68. The van der Waals surface area contributed by atoms with Crippen LogP contribution in [-0.4, -0.2) is 30.6 Å². The molecule has 0 radical (unpaired) electrons. The Balaban J connectivity index is 2.20. The summed E-state index contributed by atoms with van der Waals surface area (Å²) in [5.74, 6) is 0.258. The molecule has 2 aromatic rings. The molecule has 0 spiro atoms. The van der Waals surface area contributed by atoms with Crippen molar-refractivity contribution in [2.45, 2.75) is 11.4 Å². The second kappa shape index (κ2) is 5.10. The van der Waals surface area contributed by atoms with Crippen LogP contribution >= 0.6 is 0 Å². The Morgan fingerprint density at radius 3 is 2.94 bits per heavy atom. The summed E-state index contributed by atoms with van der Waals surface area (Å²) in [4.78, 5) is 7.58. The number of nitrogens with zero attached hydrogens (tertiary/aromatic N) is 3. The van der Waals surface area contributed by atoms with Gasteiger partial charge in [-0.05, 0) is 6.07 Å². The molecular weight excluding hydrogens is 258 g/mol. The van der Waals surface area contributed by atoms with Crippen LogP contribution in [0.25, 0.3) is 0 Å². The van der Waals surface area contributed by atoms with Gasteiger partial charge >= 0.3 is 0 Å². The Morgan fingerprint density at radius 2 is 2.28 bits per heavy atom. The van der Waals surface area contributed by atoms with Crippen LogP contribution in [-0.2, 0) is 16.6 Å². The SMILES string of the molecule is CNc1ccncc1S(=O)(=O)NCc1ncon1. The average Bonchev–Trinajstić information content (AvgIpc) is 2.89. The lowest BCUT2D eigenvalue weighted by Crippen LogP contribution is -2.24. The van der Waals surface area contributed by atoms with Gasteiger partial charge in [-0.2, -0.15) is 4.98 Å². The molecule has 8 nitrogen and oxygen atoms in total. The van der Waals surface area contributed by atoms with E-state index < -0.39 is 10.0 Å². The predicted molar refractivity (Wildman–Crippen MR) is 62.1 cm³/mol. The molecule has 0 aliphatic rings. The monoisotopic (exact) mass is 269 g/mol. The molecule has 0 aromatic carbocycles. The second-order valence-corrected chi connectivity index (χ2v) is 5.03. The summed E-state index contributed by atoms with van der Waals surface area (Å²) in [6.45, 7) is -0.0448. The molecule has 0 unspecified atom stereocenters. The van der Waals surface area contributed by atoms with E-state index in [4.69, 9.17) is 0 Å². The smallest absolute Gasteiger partial charge is 0.244 e. The average molecular weight is 269 g/mol. The van der Waals surface area contributed by atoms with Gasteiger partial charge < -0.3 is 9.84 Å². The molecule has 0 aliphatic carbocycles. The fraction of sp³-hybridized carbons (Fsp3) is 0.222. The van der Waals surface area contributed by atoms with Crippen LogP contribution in [0.5, 0.6) is 0 Å². The molecule has 2 N–H and O–H groups in total. The van der Waals surface area contributed by atoms with E-state index >= 15 is 0 Å². The van der Waals surface area contributed by atoms with Crippen LogP contribution in [0.2, 0.25) is 0 Å². The van der Waals surface area contributed by atoms with Crippen LogP contribution in [0.1, 0.15) is 5.82 Å². The highest BCUT2D eigenvalue weighted by Gasteiger charge is 2.18. The minimum Gasteiger partial charge on any atom is -0.387 e. The van der Waals surface area contributed by atoms with E-state index in [-0.39, 0.29) is 17.3 Å². The zero-order valence-electron chi connectivity index (χ0n) is 9.49.